The van der Waals surface area contributed by atoms with Gasteiger partial charge in [-0.25, -0.2) is 4.79 Å². The Morgan fingerprint density at radius 3 is 2.22 bits per heavy atom. The van der Waals surface area contributed by atoms with Gasteiger partial charge in [-0.3, -0.25) is 4.79 Å². The highest BCUT2D eigenvalue weighted by atomic mass is 16.6. The summed E-state index contributed by atoms with van der Waals surface area (Å²) in [7, 11) is 0. The summed E-state index contributed by atoms with van der Waals surface area (Å²) in [6.07, 6.45) is 0.936. The number of alkyl carbamates (subject to hydrolysis) is 1. The third-order valence-corrected chi connectivity index (χ3v) is 1.83. The smallest absolute Gasteiger partial charge is 0.407 e. The maximum absolute atomic E-state index is 11.2. The lowest BCUT2D eigenvalue weighted by Gasteiger charge is -2.19. The second-order valence-electron chi connectivity index (χ2n) is 4.82. The number of hydrogen-bond acceptors (Lipinski definition) is 4. The highest BCUT2D eigenvalue weighted by Crippen LogP contribution is 2.06. The molecule has 0 rings (SSSR count). The Morgan fingerprint density at radius 2 is 1.72 bits per heavy atom. The Bertz CT molecular complexity index is 316. The molecular weight excluding hydrogens is 234 g/mol. The van der Waals surface area contributed by atoms with E-state index >= 15 is 0 Å². The van der Waals surface area contributed by atoms with Gasteiger partial charge in [-0.2, -0.15) is 5.26 Å². The average Bonchev–Trinajstić information content (AvgIpc) is 2.21. The van der Waals surface area contributed by atoms with Crippen LogP contribution >= 0.6 is 0 Å². The second-order valence-corrected chi connectivity index (χ2v) is 4.82. The molecule has 18 heavy (non-hydrogen) atoms. The minimum absolute atomic E-state index is 0.115. The van der Waals surface area contributed by atoms with Crippen LogP contribution in [0, 0.1) is 11.3 Å². The quantitative estimate of drug-likeness (QED) is 0.700. The maximum Gasteiger partial charge on any atom is 0.407 e. The van der Waals surface area contributed by atoms with Gasteiger partial charge in [0.05, 0.1) is 6.07 Å². The summed E-state index contributed by atoms with van der Waals surface area (Å²) in [6, 6.07) is 1.77. The highest BCUT2D eigenvalue weighted by Gasteiger charge is 2.15. The molecule has 0 radical (unpaired) electrons. The minimum atomic E-state index is -0.491. The van der Waals surface area contributed by atoms with E-state index in [2.05, 4.69) is 10.6 Å². The molecule has 0 spiro atoms. The Hall–Kier alpha value is -1.77. The fourth-order valence-electron chi connectivity index (χ4n) is 1.12. The van der Waals surface area contributed by atoms with Crippen LogP contribution in [-0.2, 0) is 9.53 Å². The molecule has 6 heteroatoms. The van der Waals surface area contributed by atoms with E-state index in [1.54, 1.807) is 26.8 Å². The number of carbonyl (C=O) groups is 2. The van der Waals surface area contributed by atoms with Crippen molar-refractivity contribution in [1.29, 1.82) is 5.26 Å². The first-order chi connectivity index (χ1) is 8.35. The fraction of sp³-hybridized carbons (Fsp3) is 0.750. The molecule has 0 aromatic rings. The summed E-state index contributed by atoms with van der Waals surface area (Å²) in [5.41, 5.74) is -0.491. The Kier molecular flexibility index (Phi) is 7.52. The number of hydrogen-bond donors (Lipinski definition) is 2. The summed E-state index contributed by atoms with van der Waals surface area (Å²) in [5, 5.41) is 13.5. The van der Waals surface area contributed by atoms with E-state index < -0.39 is 11.7 Å². The summed E-state index contributed by atoms with van der Waals surface area (Å²) in [4.78, 5) is 22.2. The molecule has 2 N–H and O–H groups in total. The Morgan fingerprint density at radius 1 is 1.17 bits per heavy atom. The minimum Gasteiger partial charge on any atom is -0.444 e. The van der Waals surface area contributed by atoms with Gasteiger partial charge in [0.25, 0.3) is 0 Å². The zero-order valence-electron chi connectivity index (χ0n) is 11.2. The summed E-state index contributed by atoms with van der Waals surface area (Å²) >= 11 is 0. The van der Waals surface area contributed by atoms with E-state index in [9.17, 15) is 9.59 Å². The largest absolute Gasteiger partial charge is 0.444 e. The van der Waals surface area contributed by atoms with Crippen LogP contribution in [0.15, 0.2) is 0 Å². The molecule has 0 aliphatic carbocycles. The van der Waals surface area contributed by atoms with Crippen molar-refractivity contribution in [2.45, 2.75) is 45.6 Å². The van der Waals surface area contributed by atoms with Crippen LogP contribution < -0.4 is 10.6 Å². The lowest BCUT2D eigenvalue weighted by Crippen LogP contribution is -2.33. The molecule has 0 aromatic carbocycles. The predicted octanol–water partition coefficient (Wildman–Crippen LogP) is 1.32. The van der Waals surface area contributed by atoms with Crippen LogP contribution in [-0.4, -0.2) is 30.7 Å². The van der Waals surface area contributed by atoms with Gasteiger partial charge >= 0.3 is 6.09 Å². The van der Waals surface area contributed by atoms with Crippen LogP contribution in [0.1, 0.15) is 40.0 Å². The number of ether oxygens (including phenoxy) is 1. The highest BCUT2D eigenvalue weighted by molar-refractivity contribution is 5.77. The Labute approximate surface area is 108 Å². The lowest BCUT2D eigenvalue weighted by atomic mass is 10.2. The molecule has 0 aliphatic heterocycles. The van der Waals surface area contributed by atoms with Crippen molar-refractivity contribution in [3.63, 3.8) is 0 Å². The van der Waals surface area contributed by atoms with Gasteiger partial charge in [-0.1, -0.05) is 0 Å². The monoisotopic (exact) mass is 255 g/mol. The van der Waals surface area contributed by atoms with Crippen molar-refractivity contribution in [2.24, 2.45) is 0 Å². The summed E-state index contributed by atoms with van der Waals surface area (Å²) in [6.45, 7) is 6.42. The van der Waals surface area contributed by atoms with Crippen molar-refractivity contribution in [1.82, 2.24) is 10.6 Å². The van der Waals surface area contributed by atoms with Gasteiger partial charge in [-0.05, 0) is 33.6 Å². The van der Waals surface area contributed by atoms with Gasteiger partial charge in [0, 0.05) is 13.1 Å². The topological polar surface area (TPSA) is 91.2 Å². The molecule has 6 nitrogen and oxygen atoms in total. The van der Waals surface area contributed by atoms with Gasteiger partial charge in [0.2, 0.25) is 5.91 Å². The van der Waals surface area contributed by atoms with Gasteiger partial charge < -0.3 is 15.4 Å². The van der Waals surface area contributed by atoms with E-state index in [1.165, 1.54) is 0 Å². The third kappa shape index (κ3) is 10.7. The molecular formula is C12H21N3O3. The summed E-state index contributed by atoms with van der Waals surface area (Å²) in [5.74, 6) is -0.266. The Balaban J connectivity index is 3.44. The first-order valence-electron chi connectivity index (χ1n) is 5.95. The number of rotatable bonds is 6. The third-order valence-electron chi connectivity index (χ3n) is 1.83. The molecule has 0 aromatic heterocycles. The fourth-order valence-corrected chi connectivity index (χ4v) is 1.12. The number of unbranched alkanes of at least 4 members (excludes halogenated alkanes) is 1. The maximum atomic E-state index is 11.2. The molecule has 0 bridgehead atoms. The number of nitrogens with one attached hydrogen (secondary N) is 2. The van der Waals surface area contributed by atoms with E-state index in [-0.39, 0.29) is 12.3 Å². The SMILES string of the molecule is CC(C)(C)OC(=O)NCCCCNC(=O)CC#N. The first-order valence-corrected chi connectivity index (χ1v) is 5.95. The molecule has 2 amide bonds. The van der Waals surface area contributed by atoms with Gasteiger partial charge in [-0.15, -0.1) is 0 Å². The number of nitrogens with zero attached hydrogens (tertiary/aromatic N) is 1. The van der Waals surface area contributed by atoms with Crippen LogP contribution in [0.5, 0.6) is 0 Å². The zero-order chi connectivity index (χ0) is 14.0. The predicted molar refractivity (Wildman–Crippen MR) is 66.7 cm³/mol. The van der Waals surface area contributed by atoms with E-state index in [1.807, 2.05) is 0 Å². The van der Waals surface area contributed by atoms with Gasteiger partial charge in [0.15, 0.2) is 0 Å². The number of nitriles is 1. The molecule has 0 aliphatic rings. The number of amides is 2. The second kappa shape index (κ2) is 8.34. The molecule has 0 heterocycles. The molecule has 0 fully saturated rings. The van der Waals surface area contributed by atoms with Crippen LogP contribution in [0.2, 0.25) is 0 Å². The molecule has 102 valence electrons. The van der Waals surface area contributed by atoms with Crippen molar-refractivity contribution in [3.05, 3.63) is 0 Å². The van der Waals surface area contributed by atoms with Crippen LogP contribution in [0.4, 0.5) is 4.79 Å². The lowest BCUT2D eigenvalue weighted by molar-refractivity contribution is -0.120. The van der Waals surface area contributed by atoms with Crippen molar-refractivity contribution >= 4 is 12.0 Å². The van der Waals surface area contributed by atoms with E-state index in [4.69, 9.17) is 10.00 Å². The molecule has 0 atom stereocenters. The zero-order valence-corrected chi connectivity index (χ0v) is 11.2. The van der Waals surface area contributed by atoms with E-state index in [0.717, 1.165) is 12.8 Å². The standard InChI is InChI=1S/C12H21N3O3/c1-12(2,3)18-11(17)15-9-5-4-8-14-10(16)6-7-13/h4-6,8-9H2,1-3H3,(H,14,16)(H,15,17). The molecule has 0 saturated carbocycles. The van der Waals surface area contributed by atoms with Gasteiger partial charge in [0.1, 0.15) is 12.0 Å². The van der Waals surface area contributed by atoms with Crippen LogP contribution in [0.25, 0.3) is 0 Å². The van der Waals surface area contributed by atoms with Crippen molar-refractivity contribution in [3.8, 4) is 6.07 Å². The summed E-state index contributed by atoms with van der Waals surface area (Å²) < 4.78 is 5.06. The number of carbonyl (C=O) groups excluding carboxylic acids is 2. The molecule has 0 saturated heterocycles. The normalized spacial score (nSPS) is 10.3. The van der Waals surface area contributed by atoms with Crippen molar-refractivity contribution in [2.75, 3.05) is 13.1 Å². The van der Waals surface area contributed by atoms with E-state index in [0.29, 0.717) is 13.1 Å². The first kappa shape index (κ1) is 16.2. The average molecular weight is 255 g/mol. The molecule has 0 unspecified atom stereocenters. The van der Waals surface area contributed by atoms with Crippen molar-refractivity contribution < 1.29 is 14.3 Å². The van der Waals surface area contributed by atoms with Crippen LogP contribution in [0.3, 0.4) is 0 Å².